The molecule has 1 heterocycles. The first-order chi connectivity index (χ1) is 9.72. The number of ether oxygens (including phenoxy) is 1. The second kappa shape index (κ2) is 6.78. The van der Waals surface area contributed by atoms with E-state index in [2.05, 4.69) is 5.92 Å². The van der Waals surface area contributed by atoms with Crippen molar-refractivity contribution < 1.29 is 9.53 Å². The van der Waals surface area contributed by atoms with Gasteiger partial charge in [0.05, 0.1) is 13.7 Å². The SMILES string of the molecule is C#Cc1cccc(N(CC(=O)OC)Cc2cccs2)c1. The third-order valence-electron chi connectivity index (χ3n) is 2.85. The molecule has 0 atom stereocenters. The van der Waals surface area contributed by atoms with E-state index < -0.39 is 0 Å². The Labute approximate surface area is 122 Å². The van der Waals surface area contributed by atoms with Crippen LogP contribution >= 0.6 is 11.3 Å². The Morgan fingerprint density at radius 1 is 1.40 bits per heavy atom. The molecular formula is C16H15NO2S. The number of hydrogen-bond acceptors (Lipinski definition) is 4. The molecule has 20 heavy (non-hydrogen) atoms. The molecule has 0 fully saturated rings. The van der Waals surface area contributed by atoms with Crippen molar-refractivity contribution in [1.82, 2.24) is 0 Å². The van der Waals surface area contributed by atoms with Gasteiger partial charge in [-0.1, -0.05) is 18.1 Å². The number of esters is 1. The minimum absolute atomic E-state index is 0.197. The third kappa shape index (κ3) is 3.62. The molecule has 2 rings (SSSR count). The number of anilines is 1. The van der Waals surface area contributed by atoms with Crippen LogP contribution in [-0.2, 0) is 16.1 Å². The average Bonchev–Trinajstić information content (AvgIpc) is 2.99. The first-order valence-corrected chi connectivity index (χ1v) is 7.01. The van der Waals surface area contributed by atoms with E-state index in [0.29, 0.717) is 6.54 Å². The zero-order chi connectivity index (χ0) is 14.4. The summed E-state index contributed by atoms with van der Waals surface area (Å²) in [5.41, 5.74) is 1.71. The lowest BCUT2D eigenvalue weighted by Gasteiger charge is -2.23. The molecule has 102 valence electrons. The summed E-state index contributed by atoms with van der Waals surface area (Å²) in [4.78, 5) is 14.7. The zero-order valence-corrected chi connectivity index (χ0v) is 12.0. The fourth-order valence-electron chi connectivity index (χ4n) is 1.84. The normalized spacial score (nSPS) is 9.80. The number of carbonyl (C=O) groups is 1. The summed E-state index contributed by atoms with van der Waals surface area (Å²) in [7, 11) is 1.39. The van der Waals surface area contributed by atoms with Gasteiger partial charge in [0.2, 0.25) is 0 Å². The van der Waals surface area contributed by atoms with Crippen LogP contribution in [0.2, 0.25) is 0 Å². The number of nitrogens with zero attached hydrogens (tertiary/aromatic N) is 1. The lowest BCUT2D eigenvalue weighted by atomic mass is 10.2. The largest absolute Gasteiger partial charge is 0.468 e. The predicted molar refractivity (Wildman–Crippen MR) is 81.8 cm³/mol. The van der Waals surface area contributed by atoms with E-state index in [1.807, 2.05) is 46.7 Å². The molecule has 0 radical (unpaired) electrons. The first-order valence-electron chi connectivity index (χ1n) is 6.13. The first kappa shape index (κ1) is 14.2. The minimum atomic E-state index is -0.271. The molecule has 0 aliphatic carbocycles. The van der Waals surface area contributed by atoms with E-state index in [4.69, 9.17) is 11.2 Å². The molecule has 0 amide bonds. The molecule has 0 bridgehead atoms. The van der Waals surface area contributed by atoms with Gasteiger partial charge in [-0.3, -0.25) is 4.79 Å². The topological polar surface area (TPSA) is 29.5 Å². The predicted octanol–water partition coefficient (Wildman–Crippen LogP) is 2.91. The minimum Gasteiger partial charge on any atom is -0.468 e. The molecule has 0 saturated heterocycles. The second-order valence-corrected chi connectivity index (χ2v) is 5.24. The number of thiophene rings is 1. The highest BCUT2D eigenvalue weighted by atomic mass is 32.1. The average molecular weight is 285 g/mol. The maximum Gasteiger partial charge on any atom is 0.325 e. The van der Waals surface area contributed by atoms with Gasteiger partial charge in [-0.05, 0) is 29.6 Å². The Kier molecular flexibility index (Phi) is 4.80. The molecule has 1 aromatic carbocycles. The van der Waals surface area contributed by atoms with E-state index in [1.165, 1.54) is 12.0 Å². The Morgan fingerprint density at radius 2 is 2.25 bits per heavy atom. The molecule has 3 nitrogen and oxygen atoms in total. The van der Waals surface area contributed by atoms with Gasteiger partial charge in [0.15, 0.2) is 0 Å². The highest BCUT2D eigenvalue weighted by Gasteiger charge is 2.13. The highest BCUT2D eigenvalue weighted by molar-refractivity contribution is 7.09. The molecule has 0 unspecified atom stereocenters. The lowest BCUT2D eigenvalue weighted by molar-refractivity contribution is -0.138. The summed E-state index contributed by atoms with van der Waals surface area (Å²) in [5, 5.41) is 2.02. The van der Waals surface area contributed by atoms with E-state index >= 15 is 0 Å². The van der Waals surface area contributed by atoms with E-state index in [-0.39, 0.29) is 12.5 Å². The van der Waals surface area contributed by atoms with E-state index in [9.17, 15) is 4.79 Å². The van der Waals surface area contributed by atoms with Crippen molar-refractivity contribution in [3.8, 4) is 12.3 Å². The molecule has 0 N–H and O–H groups in total. The van der Waals surface area contributed by atoms with Crippen LogP contribution in [0.15, 0.2) is 41.8 Å². The third-order valence-corrected chi connectivity index (χ3v) is 3.71. The zero-order valence-electron chi connectivity index (χ0n) is 11.2. The van der Waals surface area contributed by atoms with Gasteiger partial charge in [0.1, 0.15) is 6.54 Å². The van der Waals surface area contributed by atoms with Crippen LogP contribution in [0, 0.1) is 12.3 Å². The van der Waals surface area contributed by atoms with Crippen LogP contribution in [0.1, 0.15) is 10.4 Å². The fraction of sp³-hybridized carbons (Fsp3) is 0.188. The van der Waals surface area contributed by atoms with Crippen molar-refractivity contribution in [3.05, 3.63) is 52.2 Å². The molecule has 0 spiro atoms. The van der Waals surface area contributed by atoms with Gasteiger partial charge in [-0.2, -0.15) is 0 Å². The van der Waals surface area contributed by atoms with Crippen LogP contribution in [-0.4, -0.2) is 19.6 Å². The van der Waals surface area contributed by atoms with Crippen LogP contribution < -0.4 is 4.90 Å². The molecule has 2 aromatic rings. The van der Waals surface area contributed by atoms with Gasteiger partial charge in [0.25, 0.3) is 0 Å². The summed E-state index contributed by atoms with van der Waals surface area (Å²) in [6, 6.07) is 11.6. The molecular weight excluding hydrogens is 270 g/mol. The van der Waals surface area contributed by atoms with Crippen molar-refractivity contribution in [3.63, 3.8) is 0 Å². The summed E-state index contributed by atoms with van der Waals surface area (Å²) >= 11 is 1.66. The van der Waals surface area contributed by atoms with Crippen molar-refractivity contribution in [1.29, 1.82) is 0 Å². The van der Waals surface area contributed by atoms with E-state index in [0.717, 1.165) is 11.3 Å². The van der Waals surface area contributed by atoms with Crippen molar-refractivity contribution in [2.75, 3.05) is 18.6 Å². The van der Waals surface area contributed by atoms with Gasteiger partial charge in [-0.15, -0.1) is 17.8 Å². The van der Waals surface area contributed by atoms with Crippen LogP contribution in [0.5, 0.6) is 0 Å². The second-order valence-electron chi connectivity index (χ2n) is 4.21. The van der Waals surface area contributed by atoms with Crippen molar-refractivity contribution in [2.24, 2.45) is 0 Å². The van der Waals surface area contributed by atoms with Crippen LogP contribution in [0.25, 0.3) is 0 Å². The molecule has 0 aliphatic rings. The monoisotopic (exact) mass is 285 g/mol. The van der Waals surface area contributed by atoms with Crippen LogP contribution in [0.3, 0.4) is 0 Å². The summed E-state index contributed by atoms with van der Waals surface area (Å²) < 4.78 is 4.76. The summed E-state index contributed by atoms with van der Waals surface area (Å²) in [6.07, 6.45) is 5.42. The molecule has 0 saturated carbocycles. The lowest BCUT2D eigenvalue weighted by Crippen LogP contribution is -2.29. The highest BCUT2D eigenvalue weighted by Crippen LogP contribution is 2.20. The van der Waals surface area contributed by atoms with E-state index in [1.54, 1.807) is 11.3 Å². The number of rotatable bonds is 5. The number of hydrogen-bond donors (Lipinski definition) is 0. The maximum atomic E-state index is 11.6. The summed E-state index contributed by atoms with van der Waals surface area (Å²) in [5.74, 6) is 2.34. The Bertz CT molecular complexity index is 614. The van der Waals surface area contributed by atoms with Crippen LogP contribution in [0.4, 0.5) is 5.69 Å². The Balaban J connectivity index is 2.25. The Morgan fingerprint density at radius 3 is 2.90 bits per heavy atom. The van der Waals surface area contributed by atoms with Gasteiger partial charge in [0, 0.05) is 16.1 Å². The van der Waals surface area contributed by atoms with Crippen molar-refractivity contribution in [2.45, 2.75) is 6.54 Å². The number of carbonyl (C=O) groups excluding carboxylic acids is 1. The van der Waals surface area contributed by atoms with Gasteiger partial charge >= 0.3 is 5.97 Å². The Hall–Kier alpha value is -2.25. The molecule has 4 heteroatoms. The standard InChI is InChI=1S/C16H15NO2S/c1-3-13-6-4-7-14(10-13)17(12-16(18)19-2)11-15-8-5-9-20-15/h1,4-10H,11-12H2,2H3. The maximum absolute atomic E-state index is 11.6. The van der Waals surface area contributed by atoms with Gasteiger partial charge < -0.3 is 9.64 Å². The number of methoxy groups -OCH3 is 1. The van der Waals surface area contributed by atoms with Crippen molar-refractivity contribution >= 4 is 23.0 Å². The molecule has 0 aliphatic heterocycles. The van der Waals surface area contributed by atoms with Gasteiger partial charge in [-0.25, -0.2) is 0 Å². The smallest absolute Gasteiger partial charge is 0.325 e. The number of benzene rings is 1. The fourth-order valence-corrected chi connectivity index (χ4v) is 2.56. The quantitative estimate of drug-likeness (QED) is 0.625. The molecule has 1 aromatic heterocycles. The number of terminal acetylenes is 1. The summed E-state index contributed by atoms with van der Waals surface area (Å²) in [6.45, 7) is 0.850.